The van der Waals surface area contributed by atoms with Crippen molar-refractivity contribution >= 4 is 6.01 Å². The lowest BCUT2D eigenvalue weighted by Crippen LogP contribution is -2.12. The van der Waals surface area contributed by atoms with E-state index in [2.05, 4.69) is 25.8 Å². The van der Waals surface area contributed by atoms with Crippen molar-refractivity contribution in [3.8, 4) is 0 Å². The highest BCUT2D eigenvalue weighted by Crippen LogP contribution is 2.13. The summed E-state index contributed by atoms with van der Waals surface area (Å²) in [6.45, 7) is 4.20. The molecule has 0 saturated carbocycles. The van der Waals surface area contributed by atoms with Crippen LogP contribution in [0.5, 0.6) is 0 Å². The molecule has 2 aromatic rings. The fourth-order valence-corrected chi connectivity index (χ4v) is 1.24. The predicted molar refractivity (Wildman–Crippen MR) is 60.3 cm³/mol. The molecule has 0 spiro atoms. The van der Waals surface area contributed by atoms with Gasteiger partial charge in [0.15, 0.2) is 0 Å². The van der Waals surface area contributed by atoms with Gasteiger partial charge in [0, 0.05) is 0 Å². The van der Waals surface area contributed by atoms with Crippen molar-refractivity contribution in [2.24, 2.45) is 0 Å². The fraction of sp³-hybridized carbons (Fsp3) is 0.500. The van der Waals surface area contributed by atoms with E-state index in [1.165, 1.54) is 0 Å². The van der Waals surface area contributed by atoms with E-state index >= 15 is 0 Å². The molecule has 0 fully saturated rings. The van der Waals surface area contributed by atoms with E-state index < -0.39 is 0 Å². The highest BCUT2D eigenvalue weighted by atomic mass is 16.4. The maximum Gasteiger partial charge on any atom is 0.315 e. The standard InChI is InChI=1S/C10H15N5O2/c1-6-4-12-8(16-6)5-13-10-15-14-9(17-10)7(2)11-3/h4,7,11H,5H2,1-3H3,(H,13,15). The van der Waals surface area contributed by atoms with Crippen molar-refractivity contribution < 1.29 is 8.83 Å². The zero-order valence-electron chi connectivity index (χ0n) is 10.0. The molecule has 0 aliphatic heterocycles. The van der Waals surface area contributed by atoms with Crippen molar-refractivity contribution in [1.29, 1.82) is 0 Å². The van der Waals surface area contributed by atoms with Gasteiger partial charge < -0.3 is 19.5 Å². The lowest BCUT2D eigenvalue weighted by Gasteiger charge is -2.02. The number of anilines is 1. The van der Waals surface area contributed by atoms with E-state index in [0.717, 1.165) is 5.76 Å². The van der Waals surface area contributed by atoms with Gasteiger partial charge in [-0.1, -0.05) is 5.10 Å². The highest BCUT2D eigenvalue weighted by molar-refractivity contribution is 5.17. The molecule has 0 aliphatic rings. The third kappa shape index (κ3) is 2.82. The van der Waals surface area contributed by atoms with Gasteiger partial charge in [0.05, 0.1) is 18.8 Å². The average Bonchev–Trinajstić information content (AvgIpc) is 2.94. The molecule has 1 atom stereocenters. The Labute approximate surface area is 98.6 Å². The predicted octanol–water partition coefficient (Wildman–Crippen LogP) is 1.26. The summed E-state index contributed by atoms with van der Waals surface area (Å²) in [4.78, 5) is 4.06. The summed E-state index contributed by atoms with van der Waals surface area (Å²) in [6.07, 6.45) is 1.67. The van der Waals surface area contributed by atoms with Gasteiger partial charge in [-0.05, 0) is 20.9 Å². The molecule has 0 aliphatic carbocycles. The van der Waals surface area contributed by atoms with Crippen LogP contribution in [0.25, 0.3) is 0 Å². The Morgan fingerprint density at radius 1 is 1.35 bits per heavy atom. The smallest absolute Gasteiger partial charge is 0.315 e. The molecule has 0 amide bonds. The molecule has 17 heavy (non-hydrogen) atoms. The molecule has 1 unspecified atom stereocenters. The van der Waals surface area contributed by atoms with Gasteiger partial charge in [-0.15, -0.1) is 5.10 Å². The number of hydrogen-bond acceptors (Lipinski definition) is 7. The van der Waals surface area contributed by atoms with E-state index in [4.69, 9.17) is 8.83 Å². The monoisotopic (exact) mass is 237 g/mol. The number of rotatable bonds is 5. The Kier molecular flexibility index (Phi) is 3.38. The van der Waals surface area contributed by atoms with Crippen LogP contribution in [0, 0.1) is 6.92 Å². The minimum atomic E-state index is 0.0297. The molecule has 7 nitrogen and oxygen atoms in total. The quantitative estimate of drug-likeness (QED) is 0.809. The summed E-state index contributed by atoms with van der Waals surface area (Å²) in [5, 5.41) is 13.7. The van der Waals surface area contributed by atoms with E-state index in [9.17, 15) is 0 Å². The number of aryl methyl sites for hydroxylation is 1. The lowest BCUT2D eigenvalue weighted by atomic mass is 10.3. The van der Waals surface area contributed by atoms with Crippen molar-refractivity contribution in [2.45, 2.75) is 26.4 Å². The second-order valence-corrected chi connectivity index (χ2v) is 3.67. The first-order valence-corrected chi connectivity index (χ1v) is 5.35. The van der Waals surface area contributed by atoms with Gasteiger partial charge >= 0.3 is 6.01 Å². The fourth-order valence-electron chi connectivity index (χ4n) is 1.24. The average molecular weight is 237 g/mol. The molecule has 7 heteroatoms. The first-order chi connectivity index (χ1) is 8.19. The third-order valence-electron chi connectivity index (χ3n) is 2.30. The van der Waals surface area contributed by atoms with Crippen LogP contribution in [0.2, 0.25) is 0 Å². The van der Waals surface area contributed by atoms with Crippen LogP contribution in [0.1, 0.15) is 30.5 Å². The van der Waals surface area contributed by atoms with E-state index in [-0.39, 0.29) is 6.04 Å². The Bertz CT molecular complexity index is 479. The Morgan fingerprint density at radius 3 is 2.82 bits per heavy atom. The van der Waals surface area contributed by atoms with Crippen LogP contribution in [-0.2, 0) is 6.54 Å². The zero-order chi connectivity index (χ0) is 12.3. The maximum atomic E-state index is 5.40. The van der Waals surface area contributed by atoms with Crippen molar-refractivity contribution in [1.82, 2.24) is 20.5 Å². The minimum Gasteiger partial charge on any atom is -0.444 e. The van der Waals surface area contributed by atoms with E-state index in [1.807, 2.05) is 20.9 Å². The third-order valence-corrected chi connectivity index (χ3v) is 2.30. The number of oxazole rings is 1. The Hall–Kier alpha value is -1.89. The molecular formula is C10H15N5O2. The highest BCUT2D eigenvalue weighted by Gasteiger charge is 2.12. The summed E-state index contributed by atoms with van der Waals surface area (Å²) in [5.74, 6) is 1.90. The second kappa shape index (κ2) is 4.96. The first-order valence-electron chi connectivity index (χ1n) is 5.35. The molecule has 2 heterocycles. The van der Waals surface area contributed by atoms with Crippen LogP contribution < -0.4 is 10.6 Å². The second-order valence-electron chi connectivity index (χ2n) is 3.67. The largest absolute Gasteiger partial charge is 0.444 e. The summed E-state index contributed by atoms with van der Waals surface area (Å²) in [6, 6.07) is 0.389. The Morgan fingerprint density at radius 2 is 2.18 bits per heavy atom. The number of aromatic nitrogens is 3. The van der Waals surface area contributed by atoms with E-state index in [0.29, 0.717) is 24.3 Å². The van der Waals surface area contributed by atoms with Gasteiger partial charge in [-0.3, -0.25) is 0 Å². The molecule has 2 aromatic heterocycles. The minimum absolute atomic E-state index is 0.0297. The number of nitrogens with one attached hydrogen (secondary N) is 2. The van der Waals surface area contributed by atoms with Gasteiger partial charge in [-0.2, -0.15) is 0 Å². The first kappa shape index (κ1) is 11.6. The molecule has 2 N–H and O–H groups in total. The van der Waals surface area contributed by atoms with Crippen LogP contribution in [-0.4, -0.2) is 22.2 Å². The number of nitrogens with zero attached hydrogens (tertiary/aromatic N) is 3. The van der Waals surface area contributed by atoms with Crippen molar-refractivity contribution in [3.05, 3.63) is 23.7 Å². The van der Waals surface area contributed by atoms with Gasteiger partial charge in [0.25, 0.3) is 0 Å². The molecule has 2 rings (SSSR count). The molecule has 0 aromatic carbocycles. The molecule has 0 radical (unpaired) electrons. The van der Waals surface area contributed by atoms with Gasteiger partial charge in [0.1, 0.15) is 5.76 Å². The van der Waals surface area contributed by atoms with Crippen molar-refractivity contribution in [3.63, 3.8) is 0 Å². The summed E-state index contributed by atoms with van der Waals surface area (Å²) in [7, 11) is 1.83. The van der Waals surface area contributed by atoms with Crippen LogP contribution >= 0.6 is 0 Å². The molecule has 0 saturated heterocycles. The maximum absolute atomic E-state index is 5.40. The van der Waals surface area contributed by atoms with Crippen molar-refractivity contribution in [2.75, 3.05) is 12.4 Å². The lowest BCUT2D eigenvalue weighted by molar-refractivity contribution is 0.436. The van der Waals surface area contributed by atoms with E-state index in [1.54, 1.807) is 6.20 Å². The van der Waals surface area contributed by atoms with Crippen LogP contribution in [0.15, 0.2) is 15.0 Å². The molecular weight excluding hydrogens is 222 g/mol. The summed E-state index contributed by atoms with van der Waals surface area (Å²) >= 11 is 0. The summed E-state index contributed by atoms with van der Waals surface area (Å²) in [5.41, 5.74) is 0. The van der Waals surface area contributed by atoms with Crippen LogP contribution in [0.3, 0.4) is 0 Å². The van der Waals surface area contributed by atoms with Gasteiger partial charge in [-0.25, -0.2) is 4.98 Å². The molecule has 92 valence electrons. The van der Waals surface area contributed by atoms with Gasteiger partial charge in [0.2, 0.25) is 11.8 Å². The molecule has 0 bridgehead atoms. The topological polar surface area (TPSA) is 89.0 Å². The number of hydrogen-bond donors (Lipinski definition) is 2. The Balaban J connectivity index is 1.93. The van der Waals surface area contributed by atoms with Crippen LogP contribution in [0.4, 0.5) is 6.01 Å². The summed E-state index contributed by atoms with van der Waals surface area (Å²) < 4.78 is 10.7. The SMILES string of the molecule is CNC(C)c1nnc(NCc2ncc(C)o2)o1. The zero-order valence-corrected chi connectivity index (χ0v) is 10.0. The normalized spacial score (nSPS) is 12.6.